The predicted molar refractivity (Wildman–Crippen MR) is 110 cm³/mol. The Labute approximate surface area is 167 Å². The number of pyridine rings is 1. The summed E-state index contributed by atoms with van der Waals surface area (Å²) < 4.78 is 11.5. The fraction of sp³-hybridized carbons (Fsp3) is 0.217. The summed E-state index contributed by atoms with van der Waals surface area (Å²) in [6, 6.07) is 17.8. The monoisotopic (exact) mass is 387 g/mol. The van der Waals surface area contributed by atoms with Gasteiger partial charge in [-0.3, -0.25) is 9.88 Å². The normalized spacial score (nSPS) is 15.9. The number of hydrogen-bond donors (Lipinski definition) is 1. The lowest BCUT2D eigenvalue weighted by Gasteiger charge is -2.26. The van der Waals surface area contributed by atoms with Gasteiger partial charge in [-0.25, -0.2) is 0 Å². The molecule has 146 valence electrons. The molecule has 0 radical (unpaired) electrons. The van der Waals surface area contributed by atoms with E-state index in [1.54, 1.807) is 6.07 Å². The van der Waals surface area contributed by atoms with Crippen LogP contribution in [-0.2, 0) is 11.3 Å². The number of rotatable bonds is 3. The standard InChI is InChI=1S/C23H21N3O3/c27-25-20-13-23(21-12-17-3-1-2-4-18(17)14-24-21)29-22-6-5-16(11-19(20)22)15-26-7-9-28-10-8-26/h1-6,11-14,27H,7-10,15H2/b25-20+. The third-order valence-electron chi connectivity index (χ3n) is 5.31. The first-order valence-electron chi connectivity index (χ1n) is 9.70. The maximum absolute atomic E-state index is 9.63. The van der Waals surface area contributed by atoms with Crippen molar-refractivity contribution in [1.29, 1.82) is 0 Å². The van der Waals surface area contributed by atoms with E-state index in [-0.39, 0.29) is 0 Å². The number of fused-ring (bicyclic) bond motifs is 2. The predicted octanol–water partition coefficient (Wildman–Crippen LogP) is 3.77. The Balaban J connectivity index is 1.55. The average Bonchev–Trinajstić information content (AvgIpc) is 2.78. The zero-order valence-corrected chi connectivity index (χ0v) is 15.9. The van der Waals surface area contributed by atoms with Crippen LogP contribution in [0, 0.1) is 0 Å². The quantitative estimate of drug-likeness (QED) is 0.428. The lowest BCUT2D eigenvalue weighted by molar-refractivity contribution is 0.0342. The zero-order chi connectivity index (χ0) is 19.6. The highest BCUT2D eigenvalue weighted by atomic mass is 16.5. The number of benzene rings is 2. The Kier molecular flexibility index (Phi) is 4.71. The van der Waals surface area contributed by atoms with Gasteiger partial charge in [-0.1, -0.05) is 35.5 Å². The van der Waals surface area contributed by atoms with Crippen molar-refractivity contribution < 1.29 is 14.4 Å². The van der Waals surface area contributed by atoms with Crippen molar-refractivity contribution in [3.8, 4) is 11.5 Å². The van der Waals surface area contributed by atoms with Crippen molar-refractivity contribution in [2.75, 3.05) is 26.3 Å². The van der Waals surface area contributed by atoms with Crippen molar-refractivity contribution in [1.82, 2.24) is 9.88 Å². The molecule has 0 atom stereocenters. The summed E-state index contributed by atoms with van der Waals surface area (Å²) in [6.07, 6.45) is 1.82. The van der Waals surface area contributed by atoms with Gasteiger partial charge in [0.2, 0.25) is 0 Å². The van der Waals surface area contributed by atoms with Gasteiger partial charge >= 0.3 is 0 Å². The molecule has 1 aliphatic heterocycles. The van der Waals surface area contributed by atoms with E-state index in [1.807, 2.05) is 48.7 Å². The van der Waals surface area contributed by atoms with Gasteiger partial charge in [0.1, 0.15) is 16.6 Å². The molecule has 0 aliphatic carbocycles. The van der Waals surface area contributed by atoms with Crippen LogP contribution in [0.25, 0.3) is 33.2 Å². The van der Waals surface area contributed by atoms with Crippen molar-refractivity contribution >= 4 is 21.7 Å². The average molecular weight is 387 g/mol. The minimum absolute atomic E-state index is 0.472. The van der Waals surface area contributed by atoms with Gasteiger partial charge in [-0.05, 0) is 29.1 Å². The molecule has 2 aromatic carbocycles. The molecular weight excluding hydrogens is 366 g/mol. The fourth-order valence-corrected chi connectivity index (χ4v) is 3.76. The molecule has 5 rings (SSSR count). The van der Waals surface area contributed by atoms with Gasteiger partial charge in [0.15, 0.2) is 5.76 Å². The van der Waals surface area contributed by atoms with Crippen LogP contribution in [0.4, 0.5) is 0 Å². The lowest BCUT2D eigenvalue weighted by atomic mass is 10.1. The SMILES string of the molecule is O/N=c1\cc(-c2cc3ccccc3cn2)oc2ccc(CN3CCOCC3)cc12. The van der Waals surface area contributed by atoms with E-state index in [2.05, 4.69) is 21.1 Å². The summed E-state index contributed by atoms with van der Waals surface area (Å²) >= 11 is 0. The van der Waals surface area contributed by atoms with Gasteiger partial charge < -0.3 is 14.4 Å². The summed E-state index contributed by atoms with van der Waals surface area (Å²) in [7, 11) is 0. The van der Waals surface area contributed by atoms with Crippen LogP contribution in [0.3, 0.4) is 0 Å². The van der Waals surface area contributed by atoms with E-state index in [0.717, 1.165) is 54.6 Å². The molecule has 0 unspecified atom stereocenters. The Hall–Kier alpha value is -3.22. The molecule has 0 spiro atoms. The first-order valence-corrected chi connectivity index (χ1v) is 9.70. The molecule has 1 saturated heterocycles. The highest BCUT2D eigenvalue weighted by Gasteiger charge is 2.13. The van der Waals surface area contributed by atoms with E-state index >= 15 is 0 Å². The van der Waals surface area contributed by atoms with Crippen molar-refractivity contribution in [2.45, 2.75) is 6.54 Å². The molecule has 1 fully saturated rings. The number of aromatic nitrogens is 1. The van der Waals surface area contributed by atoms with Crippen molar-refractivity contribution in [3.05, 3.63) is 71.7 Å². The van der Waals surface area contributed by atoms with E-state index in [4.69, 9.17) is 9.15 Å². The zero-order valence-electron chi connectivity index (χ0n) is 15.9. The van der Waals surface area contributed by atoms with Gasteiger partial charge in [0.25, 0.3) is 0 Å². The molecule has 0 bridgehead atoms. The molecule has 1 aliphatic rings. The highest BCUT2D eigenvalue weighted by Crippen LogP contribution is 2.24. The lowest BCUT2D eigenvalue weighted by Crippen LogP contribution is -2.35. The molecule has 2 aromatic heterocycles. The van der Waals surface area contributed by atoms with Gasteiger partial charge in [-0.2, -0.15) is 0 Å². The molecule has 3 heterocycles. The summed E-state index contributed by atoms with van der Waals surface area (Å²) in [5.41, 5.74) is 2.51. The van der Waals surface area contributed by atoms with Crippen LogP contribution in [-0.4, -0.2) is 41.4 Å². The van der Waals surface area contributed by atoms with Gasteiger partial charge in [0, 0.05) is 42.7 Å². The number of morpholine rings is 1. The van der Waals surface area contributed by atoms with E-state index in [1.165, 1.54) is 0 Å². The fourth-order valence-electron chi connectivity index (χ4n) is 3.76. The molecule has 6 heteroatoms. The molecule has 0 amide bonds. The minimum atomic E-state index is 0.472. The second-order valence-electron chi connectivity index (χ2n) is 7.23. The smallest absolute Gasteiger partial charge is 0.155 e. The van der Waals surface area contributed by atoms with Crippen LogP contribution in [0.1, 0.15) is 5.56 Å². The Morgan fingerprint density at radius 3 is 2.66 bits per heavy atom. The van der Waals surface area contributed by atoms with Crippen LogP contribution >= 0.6 is 0 Å². The summed E-state index contributed by atoms with van der Waals surface area (Å²) in [4.78, 5) is 6.87. The first-order chi connectivity index (χ1) is 14.3. The second-order valence-corrected chi connectivity index (χ2v) is 7.23. The van der Waals surface area contributed by atoms with Crippen LogP contribution in [0.5, 0.6) is 0 Å². The van der Waals surface area contributed by atoms with Crippen LogP contribution in [0.15, 0.2) is 70.4 Å². The first kappa shape index (κ1) is 17.8. The van der Waals surface area contributed by atoms with Crippen LogP contribution < -0.4 is 5.36 Å². The summed E-state index contributed by atoms with van der Waals surface area (Å²) in [5, 5.41) is 16.5. The Morgan fingerprint density at radius 2 is 1.83 bits per heavy atom. The maximum atomic E-state index is 9.63. The molecule has 0 saturated carbocycles. The largest absolute Gasteiger partial charge is 0.454 e. The molecular formula is C23H21N3O3. The Bertz CT molecular complexity index is 1240. The highest BCUT2D eigenvalue weighted by molar-refractivity contribution is 5.85. The van der Waals surface area contributed by atoms with Crippen LogP contribution in [0.2, 0.25) is 0 Å². The van der Waals surface area contributed by atoms with Gasteiger partial charge in [-0.15, -0.1) is 0 Å². The third kappa shape index (κ3) is 3.60. The van der Waals surface area contributed by atoms with E-state index in [9.17, 15) is 5.21 Å². The second kappa shape index (κ2) is 7.66. The molecule has 29 heavy (non-hydrogen) atoms. The van der Waals surface area contributed by atoms with E-state index < -0.39 is 0 Å². The number of ether oxygens (including phenoxy) is 1. The summed E-state index contributed by atoms with van der Waals surface area (Å²) in [6.45, 7) is 4.21. The van der Waals surface area contributed by atoms with Crippen molar-refractivity contribution in [3.63, 3.8) is 0 Å². The van der Waals surface area contributed by atoms with Gasteiger partial charge in [0.05, 0.1) is 13.2 Å². The third-order valence-corrected chi connectivity index (χ3v) is 5.31. The summed E-state index contributed by atoms with van der Waals surface area (Å²) in [5.74, 6) is 0.567. The molecule has 1 N–H and O–H groups in total. The molecule has 6 nitrogen and oxygen atoms in total. The Morgan fingerprint density at radius 1 is 1.00 bits per heavy atom. The number of nitrogens with zero attached hydrogens (tertiary/aromatic N) is 3. The molecule has 4 aromatic rings. The topological polar surface area (TPSA) is 71.1 Å². The van der Waals surface area contributed by atoms with E-state index in [0.29, 0.717) is 22.4 Å². The maximum Gasteiger partial charge on any atom is 0.155 e. The minimum Gasteiger partial charge on any atom is -0.454 e. The number of hydrogen-bond acceptors (Lipinski definition) is 6. The van der Waals surface area contributed by atoms with Crippen molar-refractivity contribution in [2.24, 2.45) is 5.16 Å².